The molecular weight excluding hydrogens is 250 g/mol. The highest BCUT2D eigenvalue weighted by atomic mass is 16.5. The lowest BCUT2D eigenvalue weighted by Gasteiger charge is -2.23. The van der Waals surface area contributed by atoms with Crippen molar-refractivity contribution in [1.82, 2.24) is 5.32 Å². The van der Waals surface area contributed by atoms with Crippen LogP contribution in [0.4, 0.5) is 0 Å². The number of carbonyl (C=O) groups excluding carboxylic acids is 1. The molecule has 0 aromatic heterocycles. The maximum Gasteiger partial charge on any atom is 0.261 e. The van der Waals surface area contributed by atoms with E-state index in [4.69, 9.17) is 4.74 Å². The Balaban J connectivity index is 2.76. The molecule has 3 nitrogen and oxygen atoms in total. The molecule has 0 heterocycles. The number of amides is 1. The number of nitrogens with one attached hydrogen (secondary N) is 1. The minimum atomic E-state index is -0.434. The first-order valence-corrected chi connectivity index (χ1v) is 7.40. The molecule has 1 amide bonds. The number of aryl methyl sites for hydroxylation is 1. The van der Waals surface area contributed by atoms with Crippen molar-refractivity contribution in [2.45, 2.75) is 60.1 Å². The van der Waals surface area contributed by atoms with Crippen molar-refractivity contribution >= 4 is 5.91 Å². The Labute approximate surface area is 122 Å². The summed E-state index contributed by atoms with van der Waals surface area (Å²) in [6.45, 7) is 12.2. The van der Waals surface area contributed by atoms with Crippen molar-refractivity contribution in [1.29, 1.82) is 0 Å². The summed E-state index contributed by atoms with van der Waals surface area (Å²) in [4.78, 5) is 12.3. The molecule has 0 unspecified atom stereocenters. The summed E-state index contributed by atoms with van der Waals surface area (Å²) in [5.41, 5.74) is 2.27. The van der Waals surface area contributed by atoms with Crippen LogP contribution in [-0.4, -0.2) is 18.1 Å². The first kappa shape index (κ1) is 16.5. The molecule has 0 saturated heterocycles. The monoisotopic (exact) mass is 277 g/mol. The molecule has 1 aromatic rings. The zero-order chi connectivity index (χ0) is 15.3. The van der Waals surface area contributed by atoms with E-state index in [2.05, 4.69) is 19.2 Å². The number of hydrogen-bond donors (Lipinski definition) is 1. The number of carbonyl (C=O) groups is 1. The third kappa shape index (κ3) is 4.26. The summed E-state index contributed by atoms with van der Waals surface area (Å²) in [6, 6.07) is 6.08. The first-order chi connectivity index (χ1) is 9.36. The second kappa shape index (κ2) is 7.32. The number of benzene rings is 1. The van der Waals surface area contributed by atoms with Crippen molar-refractivity contribution < 1.29 is 9.53 Å². The van der Waals surface area contributed by atoms with E-state index in [1.807, 2.05) is 45.9 Å². The van der Waals surface area contributed by atoms with Crippen LogP contribution in [0.2, 0.25) is 0 Å². The van der Waals surface area contributed by atoms with Gasteiger partial charge in [0.25, 0.3) is 5.91 Å². The lowest BCUT2D eigenvalue weighted by atomic mass is 10.1. The molecule has 0 saturated carbocycles. The van der Waals surface area contributed by atoms with Crippen LogP contribution in [0.3, 0.4) is 0 Å². The van der Waals surface area contributed by atoms with E-state index in [1.165, 1.54) is 5.56 Å². The third-order valence-electron chi connectivity index (χ3n) is 3.86. The normalized spacial score (nSPS) is 13.9. The Bertz CT molecular complexity index is 454. The molecule has 0 fully saturated rings. The van der Waals surface area contributed by atoms with Crippen LogP contribution in [0.15, 0.2) is 18.2 Å². The Morgan fingerprint density at radius 3 is 2.45 bits per heavy atom. The van der Waals surface area contributed by atoms with Gasteiger partial charge in [0.05, 0.1) is 0 Å². The maximum atomic E-state index is 12.3. The fraction of sp³-hybridized carbons (Fsp3) is 0.588. The van der Waals surface area contributed by atoms with Gasteiger partial charge in [-0.3, -0.25) is 4.79 Å². The quantitative estimate of drug-likeness (QED) is 0.862. The molecule has 1 N–H and O–H groups in total. The number of rotatable bonds is 6. The van der Waals surface area contributed by atoms with Crippen LogP contribution in [-0.2, 0) is 4.79 Å². The molecule has 0 bridgehead atoms. The van der Waals surface area contributed by atoms with E-state index in [9.17, 15) is 4.79 Å². The van der Waals surface area contributed by atoms with Gasteiger partial charge in [0.15, 0.2) is 6.10 Å². The van der Waals surface area contributed by atoms with Gasteiger partial charge in [-0.25, -0.2) is 0 Å². The molecule has 0 aliphatic carbocycles. The van der Waals surface area contributed by atoms with E-state index < -0.39 is 6.10 Å². The average Bonchev–Trinajstić information content (AvgIpc) is 2.40. The van der Waals surface area contributed by atoms with Gasteiger partial charge >= 0.3 is 0 Å². The minimum absolute atomic E-state index is 0.0328. The zero-order valence-electron chi connectivity index (χ0n) is 13.5. The summed E-state index contributed by atoms with van der Waals surface area (Å²) in [5, 5.41) is 3.02. The summed E-state index contributed by atoms with van der Waals surface area (Å²) in [6.07, 6.45) is 0.223. The number of ether oxygens (including phenoxy) is 1. The zero-order valence-corrected chi connectivity index (χ0v) is 13.5. The van der Waals surface area contributed by atoms with Crippen molar-refractivity contribution in [2.24, 2.45) is 5.92 Å². The average molecular weight is 277 g/mol. The van der Waals surface area contributed by atoms with Gasteiger partial charge in [0.1, 0.15) is 5.75 Å². The molecule has 20 heavy (non-hydrogen) atoms. The van der Waals surface area contributed by atoms with Crippen LogP contribution in [0.1, 0.15) is 45.2 Å². The summed E-state index contributed by atoms with van der Waals surface area (Å²) >= 11 is 0. The molecule has 1 aromatic carbocycles. The van der Waals surface area contributed by atoms with E-state index in [0.29, 0.717) is 12.3 Å². The Morgan fingerprint density at radius 1 is 1.25 bits per heavy atom. The molecule has 3 heteroatoms. The fourth-order valence-corrected chi connectivity index (χ4v) is 1.81. The van der Waals surface area contributed by atoms with Gasteiger partial charge < -0.3 is 10.1 Å². The van der Waals surface area contributed by atoms with Crippen molar-refractivity contribution in [3.05, 3.63) is 29.3 Å². The van der Waals surface area contributed by atoms with Crippen LogP contribution in [0.25, 0.3) is 0 Å². The topological polar surface area (TPSA) is 38.3 Å². The molecular formula is C17H27NO2. The van der Waals surface area contributed by atoms with E-state index in [1.54, 1.807) is 0 Å². The lowest BCUT2D eigenvalue weighted by molar-refractivity contribution is -0.129. The molecule has 2 atom stereocenters. The SMILES string of the molecule is CC[C@@H](Oc1cccc(C)c1C)C(=O)N[C@H](C)C(C)C. The van der Waals surface area contributed by atoms with Crippen molar-refractivity contribution in [3.8, 4) is 5.75 Å². The third-order valence-corrected chi connectivity index (χ3v) is 3.86. The second-order valence-corrected chi connectivity index (χ2v) is 5.75. The van der Waals surface area contributed by atoms with Gasteiger partial charge in [-0.1, -0.05) is 32.9 Å². The molecule has 1 rings (SSSR count). The summed E-state index contributed by atoms with van der Waals surface area (Å²) in [7, 11) is 0. The van der Waals surface area contributed by atoms with Gasteiger partial charge in [0.2, 0.25) is 0 Å². The lowest BCUT2D eigenvalue weighted by Crippen LogP contribution is -2.44. The van der Waals surface area contributed by atoms with Gasteiger partial charge in [-0.15, -0.1) is 0 Å². The van der Waals surface area contributed by atoms with Crippen molar-refractivity contribution in [2.75, 3.05) is 0 Å². The fourth-order valence-electron chi connectivity index (χ4n) is 1.81. The highest BCUT2D eigenvalue weighted by Gasteiger charge is 2.21. The molecule has 0 aliphatic rings. The predicted molar refractivity (Wildman–Crippen MR) is 83.1 cm³/mol. The Morgan fingerprint density at radius 2 is 1.90 bits per heavy atom. The summed E-state index contributed by atoms with van der Waals surface area (Å²) in [5.74, 6) is 1.18. The van der Waals surface area contributed by atoms with E-state index >= 15 is 0 Å². The molecule has 0 aliphatic heterocycles. The van der Waals surface area contributed by atoms with Crippen LogP contribution in [0.5, 0.6) is 5.75 Å². The van der Waals surface area contributed by atoms with Crippen LogP contribution < -0.4 is 10.1 Å². The number of hydrogen-bond acceptors (Lipinski definition) is 2. The van der Waals surface area contributed by atoms with Crippen LogP contribution >= 0.6 is 0 Å². The predicted octanol–water partition coefficient (Wildman–Crippen LogP) is 3.62. The van der Waals surface area contributed by atoms with E-state index in [0.717, 1.165) is 11.3 Å². The van der Waals surface area contributed by atoms with Gasteiger partial charge in [-0.05, 0) is 50.3 Å². The summed E-state index contributed by atoms with van der Waals surface area (Å²) < 4.78 is 5.91. The standard InChI is InChI=1S/C17H27NO2/c1-7-15(17(19)18-14(6)11(2)3)20-16-10-8-9-12(4)13(16)5/h8-11,14-15H,7H2,1-6H3,(H,18,19)/t14-,15-/m1/s1. The largest absolute Gasteiger partial charge is 0.480 e. The van der Waals surface area contributed by atoms with Gasteiger partial charge in [-0.2, -0.15) is 0 Å². The van der Waals surface area contributed by atoms with Gasteiger partial charge in [0, 0.05) is 6.04 Å². The Hall–Kier alpha value is -1.51. The van der Waals surface area contributed by atoms with Crippen LogP contribution in [0, 0.1) is 19.8 Å². The maximum absolute atomic E-state index is 12.3. The highest BCUT2D eigenvalue weighted by molar-refractivity contribution is 5.81. The Kier molecular flexibility index (Phi) is 6.05. The van der Waals surface area contributed by atoms with Crippen molar-refractivity contribution in [3.63, 3.8) is 0 Å². The minimum Gasteiger partial charge on any atom is -0.480 e. The molecule has 0 spiro atoms. The smallest absolute Gasteiger partial charge is 0.261 e. The highest BCUT2D eigenvalue weighted by Crippen LogP contribution is 2.22. The molecule has 112 valence electrons. The second-order valence-electron chi connectivity index (χ2n) is 5.75. The first-order valence-electron chi connectivity index (χ1n) is 7.40. The molecule has 0 radical (unpaired) electrons. The van der Waals surface area contributed by atoms with E-state index in [-0.39, 0.29) is 11.9 Å².